The number of carbonyl (C=O) groups excluding carboxylic acids is 1. The summed E-state index contributed by atoms with van der Waals surface area (Å²) in [5.41, 5.74) is 0.520. The Morgan fingerprint density at radius 2 is 2.15 bits per heavy atom. The number of nitrogens with one attached hydrogen (secondary N) is 1. The Morgan fingerprint density at radius 3 is 2.75 bits per heavy atom. The monoisotopic (exact) mass is 273 g/mol. The van der Waals surface area contributed by atoms with Gasteiger partial charge in [-0.1, -0.05) is 6.92 Å². The molecule has 2 rings (SSSR count). The number of pyridine rings is 1. The van der Waals surface area contributed by atoms with E-state index in [-0.39, 0.29) is 12.0 Å². The summed E-state index contributed by atoms with van der Waals surface area (Å²) in [5.74, 6) is 0.604. The van der Waals surface area contributed by atoms with Crippen molar-refractivity contribution in [3.63, 3.8) is 0 Å². The van der Waals surface area contributed by atoms with Gasteiger partial charge in [0.05, 0.1) is 11.7 Å². The highest BCUT2D eigenvalue weighted by atomic mass is 16.3. The number of rotatable bonds is 6. The molecule has 2 aromatic rings. The van der Waals surface area contributed by atoms with E-state index in [1.54, 1.807) is 18.3 Å². The van der Waals surface area contributed by atoms with Gasteiger partial charge in [-0.3, -0.25) is 4.79 Å². The van der Waals surface area contributed by atoms with E-state index in [0.717, 1.165) is 5.82 Å². The Bertz CT molecular complexity index is 535. The minimum atomic E-state index is -0.357. The minimum absolute atomic E-state index is 0.167. The van der Waals surface area contributed by atoms with E-state index < -0.39 is 0 Å². The number of aliphatic hydroxyl groups is 1. The first-order chi connectivity index (χ1) is 9.70. The van der Waals surface area contributed by atoms with Gasteiger partial charge in [-0.15, -0.1) is 0 Å². The van der Waals surface area contributed by atoms with Gasteiger partial charge in [-0.05, 0) is 37.1 Å². The highest BCUT2D eigenvalue weighted by Crippen LogP contribution is 2.06. The lowest BCUT2D eigenvalue weighted by Crippen LogP contribution is -2.27. The van der Waals surface area contributed by atoms with Crippen LogP contribution in [0.1, 0.15) is 30.1 Å². The first-order valence-electron chi connectivity index (χ1n) is 6.76. The van der Waals surface area contributed by atoms with Crippen LogP contribution in [0.15, 0.2) is 42.9 Å². The predicted octanol–water partition coefficient (Wildman–Crippen LogP) is 1.76. The molecule has 1 atom stereocenters. The zero-order valence-corrected chi connectivity index (χ0v) is 11.5. The number of hydrogen-bond donors (Lipinski definition) is 2. The van der Waals surface area contributed by atoms with Crippen molar-refractivity contribution >= 4 is 5.91 Å². The van der Waals surface area contributed by atoms with Gasteiger partial charge < -0.3 is 15.0 Å². The molecule has 5 heteroatoms. The fourth-order valence-electron chi connectivity index (χ4n) is 1.82. The van der Waals surface area contributed by atoms with Crippen molar-refractivity contribution in [2.45, 2.75) is 25.9 Å². The zero-order valence-electron chi connectivity index (χ0n) is 11.5. The Kier molecular flexibility index (Phi) is 4.90. The molecule has 0 saturated heterocycles. The summed E-state index contributed by atoms with van der Waals surface area (Å²) in [6.07, 6.45) is 6.26. The number of carbonyl (C=O) groups is 1. The molecule has 0 radical (unpaired) electrons. The van der Waals surface area contributed by atoms with E-state index in [9.17, 15) is 9.90 Å². The molecule has 2 N–H and O–H groups in total. The Hall–Kier alpha value is -2.14. The first-order valence-corrected chi connectivity index (χ1v) is 6.76. The van der Waals surface area contributed by atoms with E-state index >= 15 is 0 Å². The van der Waals surface area contributed by atoms with Crippen LogP contribution in [-0.4, -0.2) is 33.2 Å². The van der Waals surface area contributed by atoms with Gasteiger partial charge in [0.1, 0.15) is 5.82 Å². The van der Waals surface area contributed by atoms with Crippen LogP contribution in [0.4, 0.5) is 0 Å². The van der Waals surface area contributed by atoms with Crippen LogP contribution in [0, 0.1) is 0 Å². The lowest BCUT2D eigenvalue weighted by Gasteiger charge is -2.09. The van der Waals surface area contributed by atoms with Gasteiger partial charge in [0.2, 0.25) is 0 Å². The molecule has 0 aliphatic heterocycles. The third-order valence-electron chi connectivity index (χ3n) is 3.11. The second-order valence-corrected chi connectivity index (χ2v) is 4.60. The Balaban J connectivity index is 1.91. The fraction of sp³-hybridized carbons (Fsp3) is 0.333. The third-order valence-corrected chi connectivity index (χ3v) is 3.11. The van der Waals surface area contributed by atoms with Crippen molar-refractivity contribution in [3.8, 4) is 5.82 Å². The van der Waals surface area contributed by atoms with Crippen molar-refractivity contribution in [1.29, 1.82) is 0 Å². The number of aromatic nitrogens is 2. The van der Waals surface area contributed by atoms with Crippen LogP contribution in [0.5, 0.6) is 0 Å². The van der Waals surface area contributed by atoms with Crippen LogP contribution in [0.3, 0.4) is 0 Å². The second-order valence-electron chi connectivity index (χ2n) is 4.60. The molecular formula is C15H19N3O2. The number of hydrogen-bond acceptors (Lipinski definition) is 3. The highest BCUT2D eigenvalue weighted by Gasteiger charge is 2.07. The molecule has 5 nitrogen and oxygen atoms in total. The molecule has 0 fully saturated rings. The molecule has 0 aromatic carbocycles. The topological polar surface area (TPSA) is 67.2 Å². The van der Waals surface area contributed by atoms with E-state index in [1.807, 2.05) is 36.0 Å². The molecule has 0 spiro atoms. The smallest absolute Gasteiger partial charge is 0.252 e. The molecule has 2 aromatic heterocycles. The van der Waals surface area contributed by atoms with E-state index in [1.165, 1.54) is 0 Å². The van der Waals surface area contributed by atoms with Crippen molar-refractivity contribution in [1.82, 2.24) is 14.9 Å². The zero-order chi connectivity index (χ0) is 14.4. The molecule has 0 aliphatic rings. The SMILES string of the molecule is CCC(O)CCNC(=O)c1ccc(-n2cccc2)nc1. The molecular weight excluding hydrogens is 254 g/mol. The second kappa shape index (κ2) is 6.86. The van der Waals surface area contributed by atoms with Gasteiger partial charge in [0.25, 0.3) is 5.91 Å². The van der Waals surface area contributed by atoms with Gasteiger partial charge in [0.15, 0.2) is 0 Å². The van der Waals surface area contributed by atoms with Gasteiger partial charge in [-0.25, -0.2) is 4.98 Å². The van der Waals surface area contributed by atoms with Crippen LogP contribution >= 0.6 is 0 Å². The molecule has 1 amide bonds. The molecule has 106 valence electrons. The normalized spacial score (nSPS) is 12.1. The number of nitrogens with zero attached hydrogens (tertiary/aromatic N) is 2. The average molecular weight is 273 g/mol. The minimum Gasteiger partial charge on any atom is -0.393 e. The maximum absolute atomic E-state index is 11.9. The van der Waals surface area contributed by atoms with Crippen LogP contribution in [-0.2, 0) is 0 Å². The molecule has 0 saturated carbocycles. The third kappa shape index (κ3) is 3.68. The van der Waals surface area contributed by atoms with Crippen molar-refractivity contribution in [2.75, 3.05) is 6.54 Å². The summed E-state index contributed by atoms with van der Waals surface area (Å²) < 4.78 is 1.87. The molecule has 0 bridgehead atoms. The Labute approximate surface area is 118 Å². The molecule has 1 unspecified atom stereocenters. The maximum atomic E-state index is 11.9. The lowest BCUT2D eigenvalue weighted by atomic mass is 10.2. The van der Waals surface area contributed by atoms with Gasteiger partial charge >= 0.3 is 0 Å². The summed E-state index contributed by atoms with van der Waals surface area (Å²) in [7, 11) is 0. The predicted molar refractivity (Wildman–Crippen MR) is 76.8 cm³/mol. The van der Waals surface area contributed by atoms with E-state index in [4.69, 9.17) is 0 Å². The number of amides is 1. The van der Waals surface area contributed by atoms with Crippen LogP contribution in [0.25, 0.3) is 5.82 Å². The summed E-state index contributed by atoms with van der Waals surface area (Å²) >= 11 is 0. The van der Waals surface area contributed by atoms with Crippen LogP contribution < -0.4 is 5.32 Å². The standard InChI is InChI=1S/C15H19N3O2/c1-2-13(19)7-8-16-15(20)12-5-6-14(17-11-12)18-9-3-4-10-18/h3-6,9-11,13,19H,2,7-8H2,1H3,(H,16,20). The molecule has 2 heterocycles. The largest absolute Gasteiger partial charge is 0.393 e. The molecule has 0 aliphatic carbocycles. The van der Waals surface area contributed by atoms with Crippen molar-refractivity contribution < 1.29 is 9.90 Å². The highest BCUT2D eigenvalue weighted by molar-refractivity contribution is 5.93. The fourth-order valence-corrected chi connectivity index (χ4v) is 1.82. The lowest BCUT2D eigenvalue weighted by molar-refractivity contribution is 0.0941. The first kappa shape index (κ1) is 14.3. The average Bonchev–Trinajstić information content (AvgIpc) is 3.01. The summed E-state index contributed by atoms with van der Waals surface area (Å²) in [5, 5.41) is 12.2. The summed E-state index contributed by atoms with van der Waals surface area (Å²) in [6, 6.07) is 7.38. The Morgan fingerprint density at radius 1 is 1.40 bits per heavy atom. The summed E-state index contributed by atoms with van der Waals surface area (Å²) in [6.45, 7) is 2.38. The van der Waals surface area contributed by atoms with E-state index in [2.05, 4.69) is 10.3 Å². The van der Waals surface area contributed by atoms with Gasteiger partial charge in [-0.2, -0.15) is 0 Å². The van der Waals surface area contributed by atoms with Gasteiger partial charge in [0, 0.05) is 25.1 Å². The van der Waals surface area contributed by atoms with Crippen molar-refractivity contribution in [3.05, 3.63) is 48.4 Å². The quantitative estimate of drug-likeness (QED) is 0.842. The maximum Gasteiger partial charge on any atom is 0.252 e. The van der Waals surface area contributed by atoms with Crippen LogP contribution in [0.2, 0.25) is 0 Å². The van der Waals surface area contributed by atoms with Crippen molar-refractivity contribution in [2.24, 2.45) is 0 Å². The van der Waals surface area contributed by atoms with E-state index in [0.29, 0.717) is 24.9 Å². The molecule has 20 heavy (non-hydrogen) atoms. The summed E-state index contributed by atoms with van der Waals surface area (Å²) in [4.78, 5) is 16.1. The number of aliphatic hydroxyl groups excluding tert-OH is 1.